The van der Waals surface area contributed by atoms with Crippen LogP contribution >= 0.6 is 0 Å². The summed E-state index contributed by atoms with van der Waals surface area (Å²) in [5.41, 5.74) is 2.43. The first-order valence-electron chi connectivity index (χ1n) is 12.5. The van der Waals surface area contributed by atoms with Crippen molar-refractivity contribution in [2.75, 3.05) is 20.2 Å². The van der Waals surface area contributed by atoms with Crippen molar-refractivity contribution in [3.05, 3.63) is 58.9 Å². The molecule has 2 aliphatic rings. The number of aryl methyl sites for hydroxylation is 1. The van der Waals surface area contributed by atoms with E-state index in [2.05, 4.69) is 22.1 Å². The van der Waals surface area contributed by atoms with Gasteiger partial charge in [-0.05, 0) is 68.4 Å². The molecule has 1 saturated heterocycles. The van der Waals surface area contributed by atoms with Crippen LogP contribution in [-0.2, 0) is 9.59 Å². The number of ketones is 2. The Hall–Kier alpha value is -3.99. The number of ether oxygens (including phenoxy) is 1. The molecule has 4 rings (SSSR count). The van der Waals surface area contributed by atoms with Crippen LogP contribution in [0.3, 0.4) is 0 Å². The average molecular weight is 502 g/mol. The summed E-state index contributed by atoms with van der Waals surface area (Å²) in [6, 6.07) is 8.14. The van der Waals surface area contributed by atoms with E-state index in [1.54, 1.807) is 36.1 Å². The van der Waals surface area contributed by atoms with Crippen LogP contribution in [0.2, 0.25) is 0 Å². The normalized spacial score (nSPS) is 20.1. The molecule has 8 heteroatoms. The third kappa shape index (κ3) is 5.72. The number of methoxy groups -OCH3 is 1. The standard InChI is InChI=1S/C29H31N3O5/c1-4-7-19-14-18(2)26(25(15-19)37-3)27-23(33)16-21(17-24(27)34)20-9-12-32(13-10-20)29(36)31-28(35)22-8-5-6-11-30-22/h5-6,8,11,14-15,20-21,27H,9-10,12-13,16-17H2,1-3H3,(H,31,35,36). The molecule has 1 aliphatic carbocycles. The molecule has 1 aromatic heterocycles. The number of urea groups is 1. The summed E-state index contributed by atoms with van der Waals surface area (Å²) < 4.78 is 5.55. The molecule has 37 heavy (non-hydrogen) atoms. The fourth-order valence-electron chi connectivity index (χ4n) is 5.49. The van der Waals surface area contributed by atoms with Crippen LogP contribution in [0.1, 0.15) is 65.7 Å². The van der Waals surface area contributed by atoms with Crippen molar-refractivity contribution in [3.63, 3.8) is 0 Å². The third-order valence-corrected chi connectivity index (χ3v) is 7.31. The number of amides is 3. The summed E-state index contributed by atoms with van der Waals surface area (Å²) in [6.45, 7) is 4.55. The molecule has 8 nitrogen and oxygen atoms in total. The molecule has 2 heterocycles. The van der Waals surface area contributed by atoms with E-state index in [1.165, 1.54) is 13.3 Å². The Morgan fingerprint density at radius 3 is 2.38 bits per heavy atom. The number of rotatable bonds is 4. The second-order valence-electron chi connectivity index (χ2n) is 9.62. The predicted octanol–water partition coefficient (Wildman–Crippen LogP) is 3.66. The molecule has 1 N–H and O–H groups in total. The molecule has 2 fully saturated rings. The molecule has 0 spiro atoms. The van der Waals surface area contributed by atoms with Gasteiger partial charge >= 0.3 is 6.03 Å². The van der Waals surface area contributed by atoms with Gasteiger partial charge in [-0.25, -0.2) is 4.79 Å². The van der Waals surface area contributed by atoms with Gasteiger partial charge in [-0.2, -0.15) is 0 Å². The third-order valence-electron chi connectivity index (χ3n) is 7.31. The number of likely N-dealkylation sites (tertiary alicyclic amines) is 1. The van der Waals surface area contributed by atoms with E-state index in [9.17, 15) is 19.2 Å². The van der Waals surface area contributed by atoms with Crippen LogP contribution in [0.5, 0.6) is 5.75 Å². The van der Waals surface area contributed by atoms with Gasteiger partial charge in [0.1, 0.15) is 28.9 Å². The van der Waals surface area contributed by atoms with Crippen molar-refractivity contribution >= 4 is 23.5 Å². The minimum absolute atomic E-state index is 0.0480. The van der Waals surface area contributed by atoms with Gasteiger partial charge in [0, 0.05) is 43.3 Å². The predicted molar refractivity (Wildman–Crippen MR) is 137 cm³/mol. The molecule has 1 aliphatic heterocycles. The van der Waals surface area contributed by atoms with Crippen molar-refractivity contribution in [1.82, 2.24) is 15.2 Å². The van der Waals surface area contributed by atoms with Crippen LogP contribution in [0.25, 0.3) is 0 Å². The highest BCUT2D eigenvalue weighted by atomic mass is 16.5. The molecular weight excluding hydrogens is 470 g/mol. The topological polar surface area (TPSA) is 106 Å². The van der Waals surface area contributed by atoms with Gasteiger partial charge in [-0.3, -0.25) is 24.7 Å². The maximum atomic E-state index is 13.3. The van der Waals surface area contributed by atoms with E-state index in [0.29, 0.717) is 50.1 Å². The van der Waals surface area contributed by atoms with Crippen molar-refractivity contribution in [3.8, 4) is 17.6 Å². The number of imide groups is 1. The number of hydrogen-bond donors (Lipinski definition) is 1. The SMILES string of the molecule is CC#Cc1cc(C)c(C2C(=O)CC(C3CCN(C(=O)NC(=O)c4ccccn4)CC3)CC2=O)c(OC)c1. The van der Waals surface area contributed by atoms with E-state index in [4.69, 9.17) is 4.74 Å². The van der Waals surface area contributed by atoms with E-state index in [-0.39, 0.29) is 29.1 Å². The molecule has 0 unspecified atom stereocenters. The highest BCUT2D eigenvalue weighted by Gasteiger charge is 2.42. The number of nitrogens with zero attached hydrogens (tertiary/aromatic N) is 2. The minimum atomic E-state index is -0.821. The van der Waals surface area contributed by atoms with Gasteiger partial charge in [0.15, 0.2) is 0 Å². The van der Waals surface area contributed by atoms with Gasteiger partial charge in [0.2, 0.25) is 0 Å². The lowest BCUT2D eigenvalue weighted by atomic mass is 9.69. The highest BCUT2D eigenvalue weighted by molar-refractivity contribution is 6.10. The van der Waals surface area contributed by atoms with Crippen LogP contribution in [0, 0.1) is 30.6 Å². The molecule has 192 valence electrons. The maximum Gasteiger partial charge on any atom is 0.324 e. The van der Waals surface area contributed by atoms with Gasteiger partial charge < -0.3 is 9.64 Å². The van der Waals surface area contributed by atoms with Crippen molar-refractivity contribution < 1.29 is 23.9 Å². The summed E-state index contributed by atoms with van der Waals surface area (Å²) in [4.78, 5) is 57.0. The number of Topliss-reactive ketones (excluding diaryl/α,β-unsaturated/α-hetero) is 2. The Bertz CT molecular complexity index is 1250. The molecule has 2 aromatic rings. The Morgan fingerprint density at radius 1 is 1.08 bits per heavy atom. The first kappa shape index (κ1) is 26.1. The molecule has 3 amide bonds. The smallest absolute Gasteiger partial charge is 0.324 e. The highest BCUT2D eigenvalue weighted by Crippen LogP contribution is 2.41. The molecule has 1 aromatic carbocycles. The van der Waals surface area contributed by atoms with E-state index in [0.717, 1.165) is 11.1 Å². The fraction of sp³-hybridized carbons (Fsp3) is 0.414. The zero-order chi connectivity index (χ0) is 26.5. The number of aromatic nitrogens is 1. The first-order chi connectivity index (χ1) is 17.8. The van der Waals surface area contributed by atoms with Crippen molar-refractivity contribution in [1.29, 1.82) is 0 Å². The number of piperidine rings is 1. The summed E-state index contributed by atoms with van der Waals surface area (Å²) >= 11 is 0. The average Bonchev–Trinajstić information content (AvgIpc) is 2.89. The van der Waals surface area contributed by atoms with Crippen LogP contribution in [0.15, 0.2) is 36.5 Å². The first-order valence-corrected chi connectivity index (χ1v) is 12.5. The Kier molecular flexibility index (Phi) is 8.02. The number of hydrogen-bond acceptors (Lipinski definition) is 6. The summed E-state index contributed by atoms with van der Waals surface area (Å²) in [5, 5.41) is 2.38. The van der Waals surface area contributed by atoms with Gasteiger partial charge in [0.25, 0.3) is 5.91 Å². The maximum absolute atomic E-state index is 13.3. The van der Waals surface area contributed by atoms with Crippen molar-refractivity contribution in [2.24, 2.45) is 11.8 Å². The number of carbonyl (C=O) groups excluding carboxylic acids is 4. The second-order valence-corrected chi connectivity index (χ2v) is 9.62. The largest absolute Gasteiger partial charge is 0.496 e. The molecule has 1 saturated carbocycles. The summed E-state index contributed by atoms with van der Waals surface area (Å²) in [5.74, 6) is 4.96. The Balaban J connectivity index is 1.37. The number of nitrogens with one attached hydrogen (secondary N) is 1. The van der Waals surface area contributed by atoms with Crippen LogP contribution < -0.4 is 10.1 Å². The van der Waals surface area contributed by atoms with E-state index in [1.807, 2.05) is 13.0 Å². The summed E-state index contributed by atoms with van der Waals surface area (Å²) in [6.07, 6.45) is 3.49. The number of pyridine rings is 1. The number of benzene rings is 1. The van der Waals surface area contributed by atoms with E-state index >= 15 is 0 Å². The zero-order valence-electron chi connectivity index (χ0n) is 21.4. The van der Waals surface area contributed by atoms with Gasteiger partial charge in [-0.1, -0.05) is 12.0 Å². The molecular formula is C29H31N3O5. The zero-order valence-corrected chi connectivity index (χ0v) is 21.4. The van der Waals surface area contributed by atoms with Crippen LogP contribution in [0.4, 0.5) is 4.79 Å². The van der Waals surface area contributed by atoms with Crippen LogP contribution in [-0.4, -0.2) is 53.6 Å². The summed E-state index contributed by atoms with van der Waals surface area (Å²) in [7, 11) is 1.54. The lowest BCUT2D eigenvalue weighted by Crippen LogP contribution is -2.48. The van der Waals surface area contributed by atoms with E-state index < -0.39 is 17.9 Å². The Labute approximate surface area is 216 Å². The van der Waals surface area contributed by atoms with Crippen molar-refractivity contribution in [2.45, 2.75) is 45.4 Å². The lowest BCUT2D eigenvalue weighted by Gasteiger charge is -2.38. The molecule has 0 radical (unpaired) electrons. The van der Waals surface area contributed by atoms with Gasteiger partial charge in [-0.15, -0.1) is 5.92 Å². The molecule has 0 atom stereocenters. The molecule has 0 bridgehead atoms. The number of carbonyl (C=O) groups is 4. The lowest BCUT2D eigenvalue weighted by molar-refractivity contribution is -0.134. The second kappa shape index (κ2) is 11.4. The monoisotopic (exact) mass is 501 g/mol. The fourth-order valence-corrected chi connectivity index (χ4v) is 5.49. The minimum Gasteiger partial charge on any atom is -0.496 e. The quantitative estimate of drug-likeness (QED) is 0.506. The Morgan fingerprint density at radius 2 is 1.78 bits per heavy atom. The van der Waals surface area contributed by atoms with Gasteiger partial charge in [0.05, 0.1) is 7.11 Å².